The topological polar surface area (TPSA) is 38.1 Å². The third-order valence-electron chi connectivity index (χ3n) is 3.99. The Labute approximate surface area is 119 Å². The number of halogens is 1. The average molecular weight is 284 g/mol. The van der Waals surface area contributed by atoms with Crippen LogP contribution >= 0.6 is 11.6 Å². The summed E-state index contributed by atoms with van der Waals surface area (Å²) >= 11 is 6.33. The Morgan fingerprint density at radius 3 is 2.58 bits per heavy atom. The van der Waals surface area contributed by atoms with Crippen LogP contribution in [-0.4, -0.2) is 33.6 Å². The van der Waals surface area contributed by atoms with Crippen molar-refractivity contribution in [2.75, 3.05) is 13.1 Å². The Balaban J connectivity index is 2.01. The lowest BCUT2D eigenvalue weighted by molar-refractivity contribution is -0.122. The molecule has 0 radical (unpaired) electrons. The first-order chi connectivity index (χ1) is 9.02. The Kier molecular flexibility index (Phi) is 4.63. The minimum Gasteiger partial charge on any atom is -0.300 e. The molecule has 0 N–H and O–H groups in total. The smallest absolute Gasteiger partial charge is 0.133 e. The van der Waals surface area contributed by atoms with Gasteiger partial charge in [0, 0.05) is 19.0 Å². The Morgan fingerprint density at radius 1 is 1.42 bits per heavy atom. The summed E-state index contributed by atoms with van der Waals surface area (Å²) in [5, 5.41) is 5.23. The highest BCUT2D eigenvalue weighted by Gasteiger charge is 2.24. The van der Waals surface area contributed by atoms with E-state index in [0.717, 1.165) is 55.4 Å². The number of ketones is 1. The molecule has 0 spiro atoms. The van der Waals surface area contributed by atoms with Crippen molar-refractivity contribution < 1.29 is 4.79 Å². The van der Waals surface area contributed by atoms with Gasteiger partial charge in [-0.1, -0.05) is 11.6 Å². The maximum absolute atomic E-state index is 11.4. The predicted molar refractivity (Wildman–Crippen MR) is 76.3 cm³/mol. The van der Waals surface area contributed by atoms with Crippen molar-refractivity contribution in [2.45, 2.75) is 46.7 Å². The number of nitrogens with zero attached hydrogens (tertiary/aromatic N) is 3. The Bertz CT molecular complexity index is 462. The first-order valence-corrected chi connectivity index (χ1v) is 7.35. The number of hydrogen-bond acceptors (Lipinski definition) is 3. The average Bonchev–Trinajstić information content (AvgIpc) is 2.67. The maximum atomic E-state index is 11.4. The van der Waals surface area contributed by atoms with Gasteiger partial charge in [0.25, 0.3) is 0 Å². The molecule has 1 aliphatic heterocycles. The molecule has 2 heterocycles. The summed E-state index contributed by atoms with van der Waals surface area (Å²) < 4.78 is 1.98. The van der Waals surface area contributed by atoms with Crippen molar-refractivity contribution in [3.05, 3.63) is 16.4 Å². The number of rotatable bonds is 4. The molecule has 0 bridgehead atoms. The number of Topliss-reactive ketones (excluding diaryl/α,β-unsaturated/α-hetero) is 1. The summed E-state index contributed by atoms with van der Waals surface area (Å²) in [6, 6.07) is 0. The van der Waals surface area contributed by atoms with Gasteiger partial charge >= 0.3 is 0 Å². The minimum atomic E-state index is 0.254. The molecule has 0 aromatic carbocycles. The van der Waals surface area contributed by atoms with Gasteiger partial charge < -0.3 is 0 Å². The van der Waals surface area contributed by atoms with Crippen LogP contribution in [0.4, 0.5) is 0 Å². The van der Waals surface area contributed by atoms with Crippen molar-refractivity contribution in [3.63, 3.8) is 0 Å². The zero-order valence-corrected chi connectivity index (χ0v) is 12.7. The van der Waals surface area contributed by atoms with Gasteiger partial charge in [-0.3, -0.25) is 14.4 Å². The number of aryl methyl sites for hydroxylation is 2. The van der Waals surface area contributed by atoms with Gasteiger partial charge in [-0.2, -0.15) is 5.10 Å². The molecular formula is C14H22ClN3O. The molecule has 106 valence electrons. The molecule has 1 aromatic rings. The summed E-state index contributed by atoms with van der Waals surface area (Å²) in [7, 11) is 0. The molecule has 0 amide bonds. The summed E-state index contributed by atoms with van der Waals surface area (Å²) in [4.78, 5) is 13.7. The van der Waals surface area contributed by atoms with E-state index in [1.54, 1.807) is 6.92 Å². The molecule has 1 saturated heterocycles. The zero-order chi connectivity index (χ0) is 14.0. The van der Waals surface area contributed by atoms with Crippen molar-refractivity contribution >= 4 is 17.4 Å². The quantitative estimate of drug-likeness (QED) is 0.853. The highest BCUT2D eigenvalue weighted by molar-refractivity contribution is 6.31. The van der Waals surface area contributed by atoms with Crippen LogP contribution in [-0.2, 0) is 17.9 Å². The summed E-state index contributed by atoms with van der Waals surface area (Å²) in [6.07, 6.45) is 1.93. The van der Waals surface area contributed by atoms with E-state index in [1.165, 1.54) is 0 Å². The van der Waals surface area contributed by atoms with Crippen molar-refractivity contribution in [2.24, 2.45) is 5.92 Å². The first kappa shape index (κ1) is 14.5. The van der Waals surface area contributed by atoms with E-state index in [-0.39, 0.29) is 5.92 Å². The van der Waals surface area contributed by atoms with Gasteiger partial charge in [-0.15, -0.1) is 0 Å². The molecule has 0 unspecified atom stereocenters. The lowest BCUT2D eigenvalue weighted by atomic mass is 9.93. The number of piperidine rings is 1. The van der Waals surface area contributed by atoms with E-state index >= 15 is 0 Å². The third kappa shape index (κ3) is 3.18. The standard InChI is InChI=1S/C14H22ClN3O/c1-4-18-13(14(15)10(2)16-18)9-17-7-5-12(6-8-17)11(3)19/h12H,4-9H2,1-3H3. The highest BCUT2D eigenvalue weighted by Crippen LogP contribution is 2.24. The molecule has 19 heavy (non-hydrogen) atoms. The largest absolute Gasteiger partial charge is 0.300 e. The lowest BCUT2D eigenvalue weighted by Crippen LogP contribution is -2.35. The van der Waals surface area contributed by atoms with Crippen LogP contribution in [0.5, 0.6) is 0 Å². The number of hydrogen-bond donors (Lipinski definition) is 0. The van der Waals surface area contributed by atoms with E-state index < -0.39 is 0 Å². The molecule has 4 nitrogen and oxygen atoms in total. The SMILES string of the molecule is CCn1nc(C)c(Cl)c1CN1CCC(C(C)=O)CC1. The first-order valence-electron chi connectivity index (χ1n) is 6.97. The number of likely N-dealkylation sites (tertiary alicyclic amines) is 1. The molecule has 1 aliphatic rings. The molecule has 5 heteroatoms. The van der Waals surface area contributed by atoms with Crippen molar-refractivity contribution in [1.29, 1.82) is 0 Å². The van der Waals surface area contributed by atoms with Crippen LogP contribution in [0.15, 0.2) is 0 Å². The molecule has 0 atom stereocenters. The van der Waals surface area contributed by atoms with Gasteiger partial charge in [-0.05, 0) is 46.7 Å². The molecule has 2 rings (SSSR count). The van der Waals surface area contributed by atoms with Gasteiger partial charge in [-0.25, -0.2) is 0 Å². The van der Waals surface area contributed by atoms with Gasteiger partial charge in [0.15, 0.2) is 0 Å². The third-order valence-corrected chi connectivity index (χ3v) is 4.48. The highest BCUT2D eigenvalue weighted by atomic mass is 35.5. The molecule has 1 aromatic heterocycles. The summed E-state index contributed by atoms with van der Waals surface area (Å²) in [5.74, 6) is 0.580. The fraction of sp³-hybridized carbons (Fsp3) is 0.714. The number of carbonyl (C=O) groups excluding carboxylic acids is 1. The second kappa shape index (κ2) is 6.06. The van der Waals surface area contributed by atoms with E-state index in [4.69, 9.17) is 11.6 Å². The Hall–Kier alpha value is -0.870. The summed E-state index contributed by atoms with van der Waals surface area (Å²) in [6.45, 7) is 9.33. The number of aromatic nitrogens is 2. The second-order valence-corrected chi connectivity index (χ2v) is 5.70. The maximum Gasteiger partial charge on any atom is 0.133 e. The van der Waals surface area contributed by atoms with E-state index in [1.807, 2.05) is 11.6 Å². The van der Waals surface area contributed by atoms with Crippen molar-refractivity contribution in [3.8, 4) is 0 Å². The monoisotopic (exact) mass is 283 g/mol. The van der Waals surface area contributed by atoms with Crippen molar-refractivity contribution in [1.82, 2.24) is 14.7 Å². The minimum absolute atomic E-state index is 0.254. The van der Waals surface area contributed by atoms with Gasteiger partial charge in [0.2, 0.25) is 0 Å². The van der Waals surface area contributed by atoms with Crippen LogP contribution in [0.25, 0.3) is 0 Å². The van der Waals surface area contributed by atoms with Crippen LogP contribution in [0.3, 0.4) is 0 Å². The molecular weight excluding hydrogens is 262 g/mol. The lowest BCUT2D eigenvalue weighted by Gasteiger charge is -2.30. The van der Waals surface area contributed by atoms with E-state index in [2.05, 4.69) is 16.9 Å². The van der Waals surface area contributed by atoms with Gasteiger partial charge in [0.1, 0.15) is 5.78 Å². The predicted octanol–water partition coefficient (Wildman–Crippen LogP) is 2.67. The normalized spacial score (nSPS) is 17.9. The van der Waals surface area contributed by atoms with Crippen LogP contribution in [0.2, 0.25) is 5.02 Å². The van der Waals surface area contributed by atoms with Crippen LogP contribution < -0.4 is 0 Å². The fourth-order valence-electron chi connectivity index (χ4n) is 2.73. The van der Waals surface area contributed by atoms with Crippen LogP contribution in [0.1, 0.15) is 38.1 Å². The molecule has 0 saturated carbocycles. The molecule has 1 fully saturated rings. The number of carbonyl (C=O) groups is 1. The molecule has 0 aliphatic carbocycles. The fourth-order valence-corrected chi connectivity index (χ4v) is 2.92. The van der Waals surface area contributed by atoms with Gasteiger partial charge in [0.05, 0.1) is 16.4 Å². The van der Waals surface area contributed by atoms with Crippen LogP contribution in [0, 0.1) is 12.8 Å². The summed E-state index contributed by atoms with van der Waals surface area (Å²) in [5.41, 5.74) is 2.00. The zero-order valence-electron chi connectivity index (χ0n) is 11.9. The Morgan fingerprint density at radius 2 is 2.05 bits per heavy atom. The van der Waals surface area contributed by atoms with E-state index in [9.17, 15) is 4.79 Å². The second-order valence-electron chi connectivity index (χ2n) is 5.32. The van der Waals surface area contributed by atoms with E-state index in [0.29, 0.717) is 5.78 Å².